The molecule has 0 bridgehead atoms. The molecule has 0 N–H and O–H groups in total. The molecule has 1 rings (SSSR count). The summed E-state index contributed by atoms with van der Waals surface area (Å²) in [5.41, 5.74) is 0. The van der Waals surface area contributed by atoms with Gasteiger partial charge in [-0.3, -0.25) is 0 Å². The second-order valence-corrected chi connectivity index (χ2v) is 5.12. The van der Waals surface area contributed by atoms with E-state index in [-0.39, 0.29) is 0 Å². The normalized spacial score (nSPS) is 11.1. The third kappa shape index (κ3) is 5.55. The minimum absolute atomic E-state index is 0.744. The van der Waals surface area contributed by atoms with Gasteiger partial charge in [0.25, 0.3) is 0 Å². The van der Waals surface area contributed by atoms with Gasteiger partial charge in [0.2, 0.25) is 0 Å². The molecule has 0 unspecified atom stereocenters. The zero-order chi connectivity index (χ0) is 10.9. The molecular formula is C12H20ClNS. The Labute approximate surface area is 102 Å². The van der Waals surface area contributed by atoms with E-state index in [0.717, 1.165) is 25.4 Å². The molecule has 0 aliphatic carbocycles. The molecule has 0 fully saturated rings. The van der Waals surface area contributed by atoms with Crippen LogP contribution in [0.15, 0.2) is 17.5 Å². The highest BCUT2D eigenvalue weighted by atomic mass is 35.5. The van der Waals surface area contributed by atoms with Crippen LogP contribution in [-0.2, 0) is 6.42 Å². The van der Waals surface area contributed by atoms with Gasteiger partial charge in [-0.05, 0) is 30.8 Å². The van der Waals surface area contributed by atoms with Crippen molar-refractivity contribution in [2.75, 3.05) is 25.5 Å². The van der Waals surface area contributed by atoms with Crippen LogP contribution < -0.4 is 0 Å². The van der Waals surface area contributed by atoms with E-state index in [9.17, 15) is 0 Å². The molecule has 0 saturated heterocycles. The fraction of sp³-hybridized carbons (Fsp3) is 0.667. The topological polar surface area (TPSA) is 3.24 Å². The summed E-state index contributed by atoms with van der Waals surface area (Å²) >= 11 is 7.64. The molecule has 0 saturated carbocycles. The molecule has 1 heterocycles. The highest BCUT2D eigenvalue weighted by Crippen LogP contribution is 2.10. The average molecular weight is 246 g/mol. The van der Waals surface area contributed by atoms with Gasteiger partial charge < -0.3 is 4.90 Å². The van der Waals surface area contributed by atoms with Crippen LogP contribution in [0.3, 0.4) is 0 Å². The molecule has 0 aliphatic rings. The first kappa shape index (κ1) is 13.0. The van der Waals surface area contributed by atoms with E-state index in [4.69, 9.17) is 11.6 Å². The number of thiophene rings is 1. The summed E-state index contributed by atoms with van der Waals surface area (Å²) in [5.74, 6) is 0.744. The van der Waals surface area contributed by atoms with Crippen LogP contribution in [-0.4, -0.2) is 30.4 Å². The molecule has 0 atom stereocenters. The lowest BCUT2D eigenvalue weighted by atomic mass is 10.3. The quantitative estimate of drug-likeness (QED) is 0.633. The third-order valence-electron chi connectivity index (χ3n) is 2.48. The Morgan fingerprint density at radius 2 is 2.20 bits per heavy atom. The Morgan fingerprint density at radius 3 is 2.80 bits per heavy atom. The Morgan fingerprint density at radius 1 is 1.33 bits per heavy atom. The number of halogens is 1. The van der Waals surface area contributed by atoms with Crippen LogP contribution in [0.1, 0.15) is 24.6 Å². The minimum Gasteiger partial charge on any atom is -0.302 e. The maximum atomic E-state index is 5.80. The Hall–Kier alpha value is -0.0500. The van der Waals surface area contributed by atoms with Crippen LogP contribution in [0.2, 0.25) is 0 Å². The fourth-order valence-corrected chi connectivity index (χ4v) is 2.50. The second-order valence-electron chi connectivity index (χ2n) is 3.71. The standard InChI is InChI=1S/C12H20ClNS/c1-2-3-8-14(10-7-13)9-6-12-5-4-11-15-12/h4-5,11H,2-3,6-10H2,1H3. The molecule has 0 amide bonds. The largest absolute Gasteiger partial charge is 0.302 e. The molecule has 0 radical (unpaired) electrons. The lowest BCUT2D eigenvalue weighted by Crippen LogP contribution is -2.29. The first-order chi connectivity index (χ1) is 7.36. The summed E-state index contributed by atoms with van der Waals surface area (Å²) < 4.78 is 0. The van der Waals surface area contributed by atoms with Crippen LogP contribution in [0.5, 0.6) is 0 Å². The molecule has 3 heteroatoms. The number of hydrogen-bond acceptors (Lipinski definition) is 2. The third-order valence-corrected chi connectivity index (χ3v) is 3.59. The lowest BCUT2D eigenvalue weighted by Gasteiger charge is -2.20. The van der Waals surface area contributed by atoms with Crippen molar-refractivity contribution in [1.29, 1.82) is 0 Å². The SMILES string of the molecule is CCCCN(CCCl)CCc1cccs1. The van der Waals surface area contributed by atoms with Crippen molar-refractivity contribution in [1.82, 2.24) is 4.90 Å². The van der Waals surface area contributed by atoms with Crippen LogP contribution in [0, 0.1) is 0 Å². The Bertz CT molecular complexity index is 236. The predicted octanol–water partition coefficient (Wildman–Crippen LogP) is 3.63. The maximum absolute atomic E-state index is 5.80. The average Bonchev–Trinajstić information content (AvgIpc) is 2.75. The number of alkyl halides is 1. The van der Waals surface area contributed by atoms with Crippen molar-refractivity contribution in [2.24, 2.45) is 0 Å². The summed E-state index contributed by atoms with van der Waals surface area (Å²) in [6.07, 6.45) is 3.71. The maximum Gasteiger partial charge on any atom is 0.0351 e. The molecule has 1 aromatic rings. The number of hydrogen-bond donors (Lipinski definition) is 0. The summed E-state index contributed by atoms with van der Waals surface area (Å²) in [5, 5.41) is 2.15. The Kier molecular flexibility index (Phi) is 7.07. The van der Waals surface area contributed by atoms with Gasteiger partial charge in [-0.2, -0.15) is 0 Å². The van der Waals surface area contributed by atoms with Gasteiger partial charge in [0.05, 0.1) is 0 Å². The van der Waals surface area contributed by atoms with E-state index < -0.39 is 0 Å². The molecule has 0 spiro atoms. The van der Waals surface area contributed by atoms with Gasteiger partial charge in [0.15, 0.2) is 0 Å². The molecular weight excluding hydrogens is 226 g/mol. The Balaban J connectivity index is 2.24. The van der Waals surface area contributed by atoms with E-state index >= 15 is 0 Å². The molecule has 1 nitrogen and oxygen atoms in total. The van der Waals surface area contributed by atoms with E-state index in [2.05, 4.69) is 29.3 Å². The number of unbranched alkanes of at least 4 members (excludes halogenated alkanes) is 1. The van der Waals surface area contributed by atoms with Crippen molar-refractivity contribution in [3.05, 3.63) is 22.4 Å². The first-order valence-electron chi connectivity index (χ1n) is 5.67. The monoisotopic (exact) mass is 245 g/mol. The fourth-order valence-electron chi connectivity index (χ4n) is 1.56. The highest BCUT2D eigenvalue weighted by Gasteiger charge is 2.04. The second kappa shape index (κ2) is 8.14. The van der Waals surface area contributed by atoms with Crippen LogP contribution in [0.4, 0.5) is 0 Å². The molecule has 86 valence electrons. The van der Waals surface area contributed by atoms with Crippen LogP contribution in [0.25, 0.3) is 0 Å². The number of nitrogens with zero attached hydrogens (tertiary/aromatic N) is 1. The lowest BCUT2D eigenvalue weighted by molar-refractivity contribution is 0.289. The van der Waals surface area contributed by atoms with Crippen molar-refractivity contribution in [3.8, 4) is 0 Å². The summed E-state index contributed by atoms with van der Waals surface area (Å²) in [7, 11) is 0. The van der Waals surface area contributed by atoms with Gasteiger partial charge in [-0.15, -0.1) is 22.9 Å². The van der Waals surface area contributed by atoms with E-state index in [1.807, 2.05) is 11.3 Å². The summed E-state index contributed by atoms with van der Waals surface area (Å²) in [4.78, 5) is 3.95. The van der Waals surface area contributed by atoms with Crippen LogP contribution >= 0.6 is 22.9 Å². The van der Waals surface area contributed by atoms with Gasteiger partial charge >= 0.3 is 0 Å². The van der Waals surface area contributed by atoms with Crippen molar-refractivity contribution in [3.63, 3.8) is 0 Å². The molecule has 1 aromatic heterocycles. The highest BCUT2D eigenvalue weighted by molar-refractivity contribution is 7.09. The van der Waals surface area contributed by atoms with Crippen molar-refractivity contribution in [2.45, 2.75) is 26.2 Å². The summed E-state index contributed by atoms with van der Waals surface area (Å²) in [6, 6.07) is 4.33. The molecule has 0 aromatic carbocycles. The van der Waals surface area contributed by atoms with Crippen molar-refractivity contribution < 1.29 is 0 Å². The summed E-state index contributed by atoms with van der Waals surface area (Å²) in [6.45, 7) is 5.59. The predicted molar refractivity (Wildman–Crippen MR) is 70.1 cm³/mol. The first-order valence-corrected chi connectivity index (χ1v) is 7.09. The zero-order valence-electron chi connectivity index (χ0n) is 9.42. The van der Waals surface area contributed by atoms with Gasteiger partial charge in [0.1, 0.15) is 0 Å². The molecule has 0 aliphatic heterocycles. The molecule has 15 heavy (non-hydrogen) atoms. The number of rotatable bonds is 8. The minimum atomic E-state index is 0.744. The van der Waals surface area contributed by atoms with Gasteiger partial charge in [-0.1, -0.05) is 19.4 Å². The van der Waals surface area contributed by atoms with Gasteiger partial charge in [0, 0.05) is 23.8 Å². The van der Waals surface area contributed by atoms with Gasteiger partial charge in [-0.25, -0.2) is 0 Å². The zero-order valence-corrected chi connectivity index (χ0v) is 11.0. The van der Waals surface area contributed by atoms with E-state index in [1.54, 1.807) is 0 Å². The smallest absolute Gasteiger partial charge is 0.0351 e. The van der Waals surface area contributed by atoms with E-state index in [1.165, 1.54) is 24.3 Å². The van der Waals surface area contributed by atoms with E-state index in [0.29, 0.717) is 0 Å². The van der Waals surface area contributed by atoms with Crippen molar-refractivity contribution >= 4 is 22.9 Å².